The highest BCUT2D eigenvalue weighted by molar-refractivity contribution is 5.39. The summed E-state index contributed by atoms with van der Waals surface area (Å²) in [6, 6.07) is 4.83. The summed E-state index contributed by atoms with van der Waals surface area (Å²) in [6.45, 7) is 18.8. The zero-order valence-corrected chi connectivity index (χ0v) is 19.2. The summed E-state index contributed by atoms with van der Waals surface area (Å²) in [5.74, 6) is 0. The van der Waals surface area contributed by atoms with Crippen LogP contribution in [0, 0.1) is 24.7 Å². The van der Waals surface area contributed by atoms with Gasteiger partial charge in [0.15, 0.2) is 0 Å². The van der Waals surface area contributed by atoms with E-state index < -0.39 is 0 Å². The quantitative estimate of drug-likeness (QED) is 0.367. The molecule has 0 nitrogen and oxygen atoms in total. The number of aryl methyl sites for hydroxylation is 2. The molecule has 1 aromatic rings. The summed E-state index contributed by atoms with van der Waals surface area (Å²) in [5.41, 5.74) is 7.23. The van der Waals surface area contributed by atoms with Crippen LogP contribution in [0.25, 0.3) is 0 Å². The van der Waals surface area contributed by atoms with Gasteiger partial charge in [0, 0.05) is 0 Å². The topological polar surface area (TPSA) is 0 Å². The van der Waals surface area contributed by atoms with Crippen LogP contribution in [0.4, 0.5) is 0 Å². The van der Waals surface area contributed by atoms with E-state index in [9.17, 15) is 0 Å². The van der Waals surface area contributed by atoms with Gasteiger partial charge in [0.25, 0.3) is 0 Å². The first-order valence-electron chi connectivity index (χ1n) is 11.1. The molecule has 0 bridgehead atoms. The predicted molar refractivity (Wildman–Crippen MR) is 119 cm³/mol. The second-order valence-corrected chi connectivity index (χ2v) is 10.9. The molecule has 0 atom stereocenters. The largest absolute Gasteiger partial charge is 0.0602 e. The van der Waals surface area contributed by atoms with Crippen LogP contribution in [0.3, 0.4) is 0 Å². The lowest BCUT2D eigenvalue weighted by atomic mass is 9.88. The molecule has 0 heterocycles. The molecular weight excluding hydrogens is 312 g/mol. The van der Waals surface area contributed by atoms with Gasteiger partial charge in [0.05, 0.1) is 0 Å². The van der Waals surface area contributed by atoms with Crippen LogP contribution in [0.1, 0.15) is 115 Å². The Balaban J connectivity index is 2.40. The van der Waals surface area contributed by atoms with E-state index in [1.807, 2.05) is 0 Å². The smallest absolute Gasteiger partial charge is 0.0276 e. The van der Waals surface area contributed by atoms with Crippen LogP contribution in [0.2, 0.25) is 0 Å². The van der Waals surface area contributed by atoms with Gasteiger partial charge in [-0.2, -0.15) is 0 Å². The van der Waals surface area contributed by atoms with Crippen LogP contribution in [0.15, 0.2) is 12.1 Å². The van der Waals surface area contributed by atoms with E-state index >= 15 is 0 Å². The zero-order chi connectivity index (χ0) is 19.8. The molecule has 150 valence electrons. The van der Waals surface area contributed by atoms with E-state index in [1.165, 1.54) is 64.2 Å². The summed E-state index contributed by atoms with van der Waals surface area (Å²) in [6.07, 6.45) is 13.3. The summed E-state index contributed by atoms with van der Waals surface area (Å²) >= 11 is 0. The fourth-order valence-corrected chi connectivity index (χ4v) is 3.77. The van der Waals surface area contributed by atoms with Gasteiger partial charge in [0.2, 0.25) is 0 Å². The Morgan fingerprint density at radius 3 is 1.19 bits per heavy atom. The summed E-state index contributed by atoms with van der Waals surface area (Å²) in [4.78, 5) is 0. The Labute approximate surface area is 165 Å². The summed E-state index contributed by atoms with van der Waals surface area (Å²) in [7, 11) is 0. The SMILES string of the molecule is Cc1c(CCCCCC(C)(C)C)ccc(CCCCCC(C)(C)C)c1C. The molecular formula is C26H46. The Bertz CT molecular complexity index is 473. The first-order chi connectivity index (χ1) is 12.0. The average Bonchev–Trinajstić information content (AvgIpc) is 2.50. The van der Waals surface area contributed by atoms with Crippen molar-refractivity contribution in [2.75, 3.05) is 0 Å². The van der Waals surface area contributed by atoms with Crippen LogP contribution in [-0.4, -0.2) is 0 Å². The lowest BCUT2D eigenvalue weighted by Gasteiger charge is -2.18. The van der Waals surface area contributed by atoms with Crippen molar-refractivity contribution in [3.8, 4) is 0 Å². The molecule has 0 fully saturated rings. The monoisotopic (exact) mass is 358 g/mol. The van der Waals surface area contributed by atoms with Gasteiger partial charge >= 0.3 is 0 Å². The number of hydrogen-bond donors (Lipinski definition) is 0. The highest BCUT2D eigenvalue weighted by atomic mass is 14.2. The van der Waals surface area contributed by atoms with Crippen molar-refractivity contribution in [3.63, 3.8) is 0 Å². The van der Waals surface area contributed by atoms with E-state index in [2.05, 4.69) is 67.5 Å². The highest BCUT2D eigenvalue weighted by Gasteiger charge is 2.11. The van der Waals surface area contributed by atoms with Crippen molar-refractivity contribution in [3.05, 3.63) is 34.4 Å². The minimum atomic E-state index is 0.487. The Morgan fingerprint density at radius 2 is 0.885 bits per heavy atom. The second kappa shape index (κ2) is 10.5. The average molecular weight is 359 g/mol. The van der Waals surface area contributed by atoms with Crippen molar-refractivity contribution in [2.45, 2.75) is 120 Å². The third-order valence-corrected chi connectivity index (χ3v) is 5.76. The molecule has 0 radical (unpaired) electrons. The van der Waals surface area contributed by atoms with Gasteiger partial charge in [-0.05, 0) is 85.5 Å². The third kappa shape index (κ3) is 9.79. The molecule has 0 aliphatic heterocycles. The third-order valence-electron chi connectivity index (χ3n) is 5.76. The zero-order valence-electron chi connectivity index (χ0n) is 19.2. The number of unbranched alkanes of at least 4 members (excludes halogenated alkanes) is 4. The van der Waals surface area contributed by atoms with Crippen molar-refractivity contribution >= 4 is 0 Å². The standard InChI is InChI=1S/C26H46/c1-21-22(2)24(16-12-10-14-20-26(6,7)8)18-17-23(21)15-11-9-13-19-25(3,4)5/h17-18H,9-16,19-20H2,1-8H3. The van der Waals surface area contributed by atoms with Crippen LogP contribution in [-0.2, 0) is 12.8 Å². The van der Waals surface area contributed by atoms with Gasteiger partial charge < -0.3 is 0 Å². The minimum Gasteiger partial charge on any atom is -0.0602 e. The molecule has 0 spiro atoms. The molecule has 0 saturated carbocycles. The van der Waals surface area contributed by atoms with E-state index in [0.717, 1.165) is 0 Å². The molecule has 0 amide bonds. The van der Waals surface area contributed by atoms with Gasteiger partial charge in [-0.25, -0.2) is 0 Å². The van der Waals surface area contributed by atoms with Crippen molar-refractivity contribution in [1.29, 1.82) is 0 Å². The first-order valence-corrected chi connectivity index (χ1v) is 11.1. The molecule has 0 saturated heterocycles. The molecule has 0 N–H and O–H groups in total. The number of hydrogen-bond acceptors (Lipinski definition) is 0. The van der Waals surface area contributed by atoms with Crippen LogP contribution < -0.4 is 0 Å². The molecule has 0 aliphatic carbocycles. The second-order valence-electron chi connectivity index (χ2n) is 10.9. The molecule has 0 aromatic heterocycles. The molecule has 26 heavy (non-hydrogen) atoms. The highest BCUT2D eigenvalue weighted by Crippen LogP contribution is 2.25. The predicted octanol–water partition coefficient (Wildman–Crippen LogP) is 8.60. The molecule has 0 heteroatoms. The normalized spacial score (nSPS) is 12.6. The maximum absolute atomic E-state index is 2.41. The van der Waals surface area contributed by atoms with E-state index in [0.29, 0.717) is 10.8 Å². The van der Waals surface area contributed by atoms with Gasteiger partial charge in [0.1, 0.15) is 0 Å². The number of benzene rings is 1. The fraction of sp³-hybridized carbons (Fsp3) is 0.769. The van der Waals surface area contributed by atoms with E-state index in [1.54, 1.807) is 22.3 Å². The Kier molecular flexibility index (Phi) is 9.42. The summed E-state index contributed by atoms with van der Waals surface area (Å²) < 4.78 is 0. The first kappa shape index (κ1) is 23.3. The lowest BCUT2D eigenvalue weighted by Crippen LogP contribution is -2.04. The van der Waals surface area contributed by atoms with Crippen LogP contribution in [0.5, 0.6) is 0 Å². The van der Waals surface area contributed by atoms with Gasteiger partial charge in [-0.1, -0.05) is 79.4 Å². The Hall–Kier alpha value is -0.780. The van der Waals surface area contributed by atoms with Crippen molar-refractivity contribution in [1.82, 2.24) is 0 Å². The Morgan fingerprint density at radius 1 is 0.538 bits per heavy atom. The molecule has 1 aromatic carbocycles. The minimum absolute atomic E-state index is 0.487. The van der Waals surface area contributed by atoms with E-state index in [-0.39, 0.29) is 0 Å². The molecule has 0 aliphatic rings. The maximum atomic E-state index is 2.41. The lowest BCUT2D eigenvalue weighted by molar-refractivity contribution is 0.358. The summed E-state index contributed by atoms with van der Waals surface area (Å²) in [5, 5.41) is 0. The van der Waals surface area contributed by atoms with Gasteiger partial charge in [-0.15, -0.1) is 0 Å². The van der Waals surface area contributed by atoms with Crippen molar-refractivity contribution < 1.29 is 0 Å². The van der Waals surface area contributed by atoms with Crippen molar-refractivity contribution in [2.24, 2.45) is 10.8 Å². The molecule has 1 rings (SSSR count). The number of rotatable bonds is 10. The van der Waals surface area contributed by atoms with Gasteiger partial charge in [-0.3, -0.25) is 0 Å². The van der Waals surface area contributed by atoms with E-state index in [4.69, 9.17) is 0 Å². The molecule has 0 unspecified atom stereocenters. The fourth-order valence-electron chi connectivity index (χ4n) is 3.77. The van der Waals surface area contributed by atoms with Crippen LogP contribution >= 0.6 is 0 Å². The maximum Gasteiger partial charge on any atom is -0.0276 e.